The molecule has 4 aromatic carbocycles. The standard InChI is InChI=1S/C36H36O4/c1-26-12-11-19-30-20-21-31-34(33(26)30)40-32(25-37-22-27-13-5-2-6-14-27)36(39-24-29-17-9-4-10-18-29)35(31)38-23-28-15-7-3-8-16-28/h2-19,21,32,34-36H,20,22-25H2,1H3/t32-,34-,35-,36-/m1/s1. The smallest absolute Gasteiger partial charge is 0.116 e. The van der Waals surface area contributed by atoms with Crippen molar-refractivity contribution in [2.45, 2.75) is 57.6 Å². The van der Waals surface area contributed by atoms with Crippen LogP contribution in [-0.4, -0.2) is 24.9 Å². The predicted molar refractivity (Wildman–Crippen MR) is 157 cm³/mol. The van der Waals surface area contributed by atoms with E-state index in [1.165, 1.54) is 16.7 Å². The van der Waals surface area contributed by atoms with Crippen LogP contribution in [0.4, 0.5) is 0 Å². The molecule has 0 amide bonds. The maximum atomic E-state index is 6.92. The maximum Gasteiger partial charge on any atom is 0.116 e. The molecule has 204 valence electrons. The van der Waals surface area contributed by atoms with Crippen LogP contribution in [-0.2, 0) is 45.2 Å². The Labute approximate surface area is 237 Å². The molecule has 0 unspecified atom stereocenters. The third-order valence-corrected chi connectivity index (χ3v) is 7.79. The SMILES string of the molecule is Cc1cccc2c1[C@@H]1O[C@H](COCc3ccccc3)[C@@H](OCc3ccccc3)[C@H](OCc3ccccc3)C1=CC2. The van der Waals surface area contributed by atoms with Crippen molar-refractivity contribution in [2.75, 3.05) is 6.61 Å². The lowest BCUT2D eigenvalue weighted by Gasteiger charge is -2.45. The maximum absolute atomic E-state index is 6.92. The van der Waals surface area contributed by atoms with Crippen LogP contribution in [0.2, 0.25) is 0 Å². The van der Waals surface area contributed by atoms with Crippen molar-refractivity contribution in [3.63, 3.8) is 0 Å². The number of hydrogen-bond acceptors (Lipinski definition) is 4. The normalized spacial score (nSPS) is 21.8. The summed E-state index contributed by atoms with van der Waals surface area (Å²) in [6, 6.07) is 37.4. The van der Waals surface area contributed by atoms with E-state index in [9.17, 15) is 0 Å². The first-order chi connectivity index (χ1) is 19.8. The van der Waals surface area contributed by atoms with E-state index in [1.807, 2.05) is 42.5 Å². The van der Waals surface area contributed by atoms with Gasteiger partial charge in [0.1, 0.15) is 24.4 Å². The highest BCUT2D eigenvalue weighted by Crippen LogP contribution is 2.44. The lowest BCUT2D eigenvalue weighted by Crippen LogP contribution is -2.52. The number of ether oxygens (including phenoxy) is 4. The minimum atomic E-state index is -0.326. The Morgan fingerprint density at radius 2 is 1.27 bits per heavy atom. The number of hydrogen-bond donors (Lipinski definition) is 0. The molecule has 0 aromatic heterocycles. The average molecular weight is 533 g/mol. The molecule has 0 spiro atoms. The van der Waals surface area contributed by atoms with Crippen molar-refractivity contribution in [1.82, 2.24) is 0 Å². The van der Waals surface area contributed by atoms with Gasteiger partial charge in [0.05, 0.1) is 26.4 Å². The minimum absolute atomic E-state index is 0.187. The second kappa shape index (κ2) is 12.8. The Bertz CT molecular complexity index is 1400. The predicted octanol–water partition coefficient (Wildman–Crippen LogP) is 7.31. The summed E-state index contributed by atoms with van der Waals surface area (Å²) < 4.78 is 26.6. The number of benzene rings is 4. The number of aryl methyl sites for hydroxylation is 1. The number of allylic oxidation sites excluding steroid dienone is 1. The summed E-state index contributed by atoms with van der Waals surface area (Å²) in [7, 11) is 0. The van der Waals surface area contributed by atoms with E-state index in [-0.39, 0.29) is 24.4 Å². The molecule has 1 heterocycles. The Kier molecular flexibility index (Phi) is 8.50. The van der Waals surface area contributed by atoms with Gasteiger partial charge in [-0.2, -0.15) is 0 Å². The zero-order valence-corrected chi connectivity index (χ0v) is 22.9. The summed E-state index contributed by atoms with van der Waals surface area (Å²) in [6.07, 6.45) is 2.07. The number of rotatable bonds is 10. The van der Waals surface area contributed by atoms with Gasteiger partial charge >= 0.3 is 0 Å². The third kappa shape index (κ3) is 6.11. The van der Waals surface area contributed by atoms with Gasteiger partial charge in [0, 0.05) is 0 Å². The molecule has 4 atom stereocenters. The molecule has 0 N–H and O–H groups in total. The third-order valence-electron chi connectivity index (χ3n) is 7.79. The fraction of sp³-hybridized carbons (Fsp3) is 0.278. The molecule has 1 saturated heterocycles. The highest BCUT2D eigenvalue weighted by atomic mass is 16.6. The van der Waals surface area contributed by atoms with Gasteiger partial charge in [0.25, 0.3) is 0 Å². The molecule has 4 heteroatoms. The summed E-state index contributed by atoms with van der Waals surface area (Å²) in [5, 5.41) is 0. The molecular weight excluding hydrogens is 496 g/mol. The molecule has 1 fully saturated rings. The van der Waals surface area contributed by atoms with E-state index in [0.717, 1.165) is 28.7 Å². The molecule has 1 aliphatic carbocycles. The summed E-state index contributed by atoms with van der Waals surface area (Å²) >= 11 is 0. The molecule has 1 aliphatic heterocycles. The molecule has 6 rings (SSSR count). The van der Waals surface area contributed by atoms with Crippen LogP contribution in [0.5, 0.6) is 0 Å². The van der Waals surface area contributed by atoms with E-state index in [1.54, 1.807) is 0 Å². The first-order valence-corrected chi connectivity index (χ1v) is 14.1. The molecule has 0 saturated carbocycles. The van der Waals surface area contributed by atoms with Crippen molar-refractivity contribution >= 4 is 0 Å². The lowest BCUT2D eigenvalue weighted by molar-refractivity contribution is -0.197. The fourth-order valence-electron chi connectivity index (χ4n) is 5.76. The van der Waals surface area contributed by atoms with Gasteiger partial charge in [0.15, 0.2) is 0 Å². The van der Waals surface area contributed by atoms with Crippen molar-refractivity contribution in [2.24, 2.45) is 0 Å². The number of fused-ring (bicyclic) bond motifs is 3. The Morgan fingerprint density at radius 1 is 0.675 bits per heavy atom. The van der Waals surface area contributed by atoms with E-state index >= 15 is 0 Å². The van der Waals surface area contributed by atoms with Gasteiger partial charge in [-0.05, 0) is 52.3 Å². The van der Waals surface area contributed by atoms with Crippen LogP contribution in [0, 0.1) is 6.92 Å². The summed E-state index contributed by atoms with van der Waals surface area (Å²) in [5.74, 6) is 0. The molecular formula is C36H36O4. The second-order valence-corrected chi connectivity index (χ2v) is 10.6. The van der Waals surface area contributed by atoms with Crippen molar-refractivity contribution in [3.05, 3.63) is 154 Å². The summed E-state index contributed by atoms with van der Waals surface area (Å²) in [4.78, 5) is 0. The van der Waals surface area contributed by atoms with Gasteiger partial charge in [-0.25, -0.2) is 0 Å². The van der Waals surface area contributed by atoms with Crippen LogP contribution in [0.15, 0.2) is 121 Å². The van der Waals surface area contributed by atoms with Gasteiger partial charge < -0.3 is 18.9 Å². The topological polar surface area (TPSA) is 36.9 Å². The van der Waals surface area contributed by atoms with E-state index in [4.69, 9.17) is 18.9 Å². The molecule has 40 heavy (non-hydrogen) atoms. The van der Waals surface area contributed by atoms with Crippen molar-refractivity contribution in [1.29, 1.82) is 0 Å². The van der Waals surface area contributed by atoms with Crippen LogP contribution >= 0.6 is 0 Å². The zero-order chi connectivity index (χ0) is 27.1. The van der Waals surface area contributed by atoms with Gasteiger partial charge in [-0.1, -0.05) is 115 Å². The van der Waals surface area contributed by atoms with Gasteiger partial charge in [0.2, 0.25) is 0 Å². The summed E-state index contributed by atoms with van der Waals surface area (Å²) in [5.41, 5.74) is 8.34. The molecule has 0 bridgehead atoms. The van der Waals surface area contributed by atoms with Crippen LogP contribution in [0.25, 0.3) is 0 Å². The Hall–Kier alpha value is -3.54. The monoisotopic (exact) mass is 532 g/mol. The van der Waals surface area contributed by atoms with Crippen molar-refractivity contribution in [3.8, 4) is 0 Å². The fourth-order valence-corrected chi connectivity index (χ4v) is 5.76. The molecule has 2 aliphatic rings. The van der Waals surface area contributed by atoms with E-state index < -0.39 is 0 Å². The van der Waals surface area contributed by atoms with Crippen molar-refractivity contribution < 1.29 is 18.9 Å². The second-order valence-electron chi connectivity index (χ2n) is 10.6. The minimum Gasteiger partial charge on any atom is -0.374 e. The largest absolute Gasteiger partial charge is 0.374 e. The van der Waals surface area contributed by atoms with E-state index in [0.29, 0.717) is 26.4 Å². The van der Waals surface area contributed by atoms with Crippen LogP contribution < -0.4 is 0 Å². The highest BCUT2D eigenvalue weighted by molar-refractivity contribution is 5.46. The quantitative estimate of drug-likeness (QED) is 0.201. The Balaban J connectivity index is 1.31. The average Bonchev–Trinajstić information content (AvgIpc) is 3.00. The first-order valence-electron chi connectivity index (χ1n) is 14.1. The molecule has 4 nitrogen and oxygen atoms in total. The first kappa shape index (κ1) is 26.7. The molecule has 4 aromatic rings. The lowest BCUT2D eigenvalue weighted by atomic mass is 9.80. The highest BCUT2D eigenvalue weighted by Gasteiger charge is 2.46. The van der Waals surface area contributed by atoms with Crippen LogP contribution in [0.3, 0.4) is 0 Å². The summed E-state index contributed by atoms with van der Waals surface area (Å²) in [6.45, 7) is 4.07. The van der Waals surface area contributed by atoms with Crippen LogP contribution in [0.1, 0.15) is 39.5 Å². The van der Waals surface area contributed by atoms with E-state index in [2.05, 4.69) is 79.7 Å². The van der Waals surface area contributed by atoms with Gasteiger partial charge in [-0.3, -0.25) is 0 Å². The Morgan fingerprint density at radius 3 is 1.93 bits per heavy atom. The van der Waals surface area contributed by atoms with Gasteiger partial charge in [-0.15, -0.1) is 0 Å². The zero-order valence-electron chi connectivity index (χ0n) is 22.9. The molecule has 0 radical (unpaired) electrons.